The van der Waals surface area contributed by atoms with Crippen molar-refractivity contribution in [2.75, 3.05) is 17.2 Å². The van der Waals surface area contributed by atoms with Crippen LogP contribution in [0.25, 0.3) is 0 Å². The van der Waals surface area contributed by atoms with Crippen molar-refractivity contribution >= 4 is 45.3 Å². The monoisotopic (exact) mass is 480 g/mol. The van der Waals surface area contributed by atoms with Gasteiger partial charge in [0, 0.05) is 10.6 Å². The van der Waals surface area contributed by atoms with E-state index in [1.807, 2.05) is 61.5 Å². The van der Waals surface area contributed by atoms with Gasteiger partial charge in [-0.25, -0.2) is 4.79 Å². The van der Waals surface area contributed by atoms with Gasteiger partial charge in [0.15, 0.2) is 5.11 Å². The maximum Gasteiger partial charge on any atom is 0.341 e. The van der Waals surface area contributed by atoms with E-state index >= 15 is 0 Å². The van der Waals surface area contributed by atoms with E-state index < -0.39 is 0 Å². The first-order valence-electron chi connectivity index (χ1n) is 11.4. The van der Waals surface area contributed by atoms with Gasteiger partial charge in [0.2, 0.25) is 0 Å². The largest absolute Gasteiger partial charge is 0.462 e. The topological polar surface area (TPSA) is 59.6 Å². The van der Waals surface area contributed by atoms with Crippen LogP contribution >= 0.6 is 23.6 Å². The van der Waals surface area contributed by atoms with Gasteiger partial charge >= 0.3 is 5.97 Å². The lowest BCUT2D eigenvalue weighted by Crippen LogP contribution is -2.20. The minimum absolute atomic E-state index is 0.275. The van der Waals surface area contributed by atoms with Gasteiger partial charge in [0.05, 0.1) is 12.2 Å². The Balaban J connectivity index is 1.46. The summed E-state index contributed by atoms with van der Waals surface area (Å²) in [5.74, 6) is 1.26. The highest BCUT2D eigenvalue weighted by Gasteiger charge is 2.25. The number of thiocarbonyl (C=S) groups is 1. The summed E-state index contributed by atoms with van der Waals surface area (Å²) < 4.78 is 11.2. The maximum atomic E-state index is 12.8. The predicted molar refractivity (Wildman–Crippen MR) is 139 cm³/mol. The van der Waals surface area contributed by atoms with Crippen LogP contribution in [0.2, 0.25) is 0 Å². The number of hydrogen-bond donors (Lipinski definition) is 2. The molecule has 0 spiro atoms. The van der Waals surface area contributed by atoms with E-state index in [1.165, 1.54) is 17.7 Å². The molecule has 2 N–H and O–H groups in total. The maximum absolute atomic E-state index is 12.8. The van der Waals surface area contributed by atoms with Crippen molar-refractivity contribution in [1.29, 1.82) is 0 Å². The van der Waals surface area contributed by atoms with Gasteiger partial charge in [-0.15, -0.1) is 11.3 Å². The Labute approximate surface area is 204 Å². The Bertz CT molecular complexity index is 1090. The van der Waals surface area contributed by atoms with Gasteiger partial charge in [-0.3, -0.25) is 0 Å². The third-order valence-electron chi connectivity index (χ3n) is 5.47. The normalized spacial score (nSPS) is 13.2. The molecule has 0 saturated carbocycles. The Morgan fingerprint density at radius 1 is 0.939 bits per heavy atom. The summed E-state index contributed by atoms with van der Waals surface area (Å²) in [5, 5.41) is 7.66. The van der Waals surface area contributed by atoms with Crippen LogP contribution in [0.1, 0.15) is 53.4 Å². The molecule has 0 unspecified atom stereocenters. The Hall–Kier alpha value is -2.90. The first-order chi connectivity index (χ1) is 16.1. The van der Waals surface area contributed by atoms with Gasteiger partial charge in [-0.1, -0.05) is 31.0 Å². The number of fused-ring (bicyclic) bond motifs is 1. The second-order valence-electron chi connectivity index (χ2n) is 7.86. The van der Waals surface area contributed by atoms with Crippen LogP contribution in [0.15, 0.2) is 54.6 Å². The van der Waals surface area contributed by atoms with Crippen molar-refractivity contribution in [2.24, 2.45) is 0 Å². The molecule has 7 heteroatoms. The lowest BCUT2D eigenvalue weighted by atomic mass is 9.96. The molecule has 33 heavy (non-hydrogen) atoms. The second-order valence-corrected chi connectivity index (χ2v) is 9.37. The van der Waals surface area contributed by atoms with E-state index in [-0.39, 0.29) is 5.97 Å². The molecule has 1 aliphatic carbocycles. The zero-order chi connectivity index (χ0) is 23.0. The molecule has 5 nitrogen and oxygen atoms in total. The molecule has 0 atom stereocenters. The standard InChI is InChI=1S/C26H28N2O3S2/c1-2-30-25(29)23-21-12-8-3-4-9-13-22(21)33-24(23)28-26(32)27-18-14-16-20(17-15-18)31-19-10-6-5-7-11-19/h5-7,10-11,14-17H,2-4,8-9,12-13H2,1H3,(H2,27,28,32). The first kappa shape index (κ1) is 23.3. The van der Waals surface area contributed by atoms with Gasteiger partial charge in [0.25, 0.3) is 0 Å². The van der Waals surface area contributed by atoms with Gasteiger partial charge in [0.1, 0.15) is 16.5 Å². The van der Waals surface area contributed by atoms with Gasteiger partial charge in [-0.05, 0) is 86.8 Å². The highest BCUT2D eigenvalue weighted by Crippen LogP contribution is 2.37. The second kappa shape index (κ2) is 11.3. The first-order valence-corrected chi connectivity index (χ1v) is 12.6. The molecule has 0 bridgehead atoms. The zero-order valence-electron chi connectivity index (χ0n) is 18.7. The number of carbonyl (C=O) groups excluding carboxylic acids is 1. The number of ether oxygens (including phenoxy) is 2. The van der Waals surface area contributed by atoms with E-state index in [0.29, 0.717) is 17.3 Å². The summed E-state index contributed by atoms with van der Waals surface area (Å²) in [6, 6.07) is 17.2. The minimum Gasteiger partial charge on any atom is -0.462 e. The van der Waals surface area contributed by atoms with Crippen LogP contribution in [0.4, 0.5) is 10.7 Å². The van der Waals surface area contributed by atoms with Crippen molar-refractivity contribution in [3.8, 4) is 11.5 Å². The summed E-state index contributed by atoms with van der Waals surface area (Å²) in [5.41, 5.74) is 2.61. The van der Waals surface area contributed by atoms with Crippen LogP contribution in [0.5, 0.6) is 11.5 Å². The number of thiophene rings is 1. The lowest BCUT2D eigenvalue weighted by Gasteiger charge is -2.13. The number of esters is 1. The third kappa shape index (κ3) is 6.12. The molecular formula is C26H28N2O3S2. The van der Waals surface area contributed by atoms with Crippen LogP contribution in [-0.4, -0.2) is 17.7 Å². The molecule has 1 heterocycles. The Morgan fingerprint density at radius 3 is 2.36 bits per heavy atom. The molecule has 0 amide bonds. The highest BCUT2D eigenvalue weighted by atomic mass is 32.1. The smallest absolute Gasteiger partial charge is 0.341 e. The molecule has 0 saturated heterocycles. The lowest BCUT2D eigenvalue weighted by molar-refractivity contribution is 0.0526. The molecule has 1 aliphatic rings. The number of anilines is 2. The molecular weight excluding hydrogens is 452 g/mol. The molecule has 3 aromatic rings. The Kier molecular flexibility index (Phi) is 7.96. The number of carbonyl (C=O) groups is 1. The average molecular weight is 481 g/mol. The van der Waals surface area contributed by atoms with Crippen LogP contribution in [0, 0.1) is 0 Å². The molecule has 0 fully saturated rings. The molecule has 0 aliphatic heterocycles. The summed E-state index contributed by atoms with van der Waals surface area (Å²) in [4.78, 5) is 14.1. The van der Waals surface area contributed by atoms with Crippen molar-refractivity contribution in [3.63, 3.8) is 0 Å². The zero-order valence-corrected chi connectivity index (χ0v) is 20.3. The van der Waals surface area contributed by atoms with E-state index in [0.717, 1.165) is 53.4 Å². The van der Waals surface area contributed by atoms with Crippen molar-refractivity contribution in [2.45, 2.75) is 45.4 Å². The van der Waals surface area contributed by atoms with Crippen molar-refractivity contribution in [1.82, 2.24) is 0 Å². The average Bonchev–Trinajstić information content (AvgIpc) is 3.11. The number of hydrogen-bond acceptors (Lipinski definition) is 5. The number of para-hydroxylation sites is 1. The molecule has 0 radical (unpaired) electrons. The summed E-state index contributed by atoms with van der Waals surface area (Å²) >= 11 is 7.18. The fraction of sp³-hybridized carbons (Fsp3) is 0.308. The third-order valence-corrected chi connectivity index (χ3v) is 6.88. The van der Waals surface area contributed by atoms with Crippen molar-refractivity contribution < 1.29 is 14.3 Å². The predicted octanol–water partition coefficient (Wildman–Crippen LogP) is 7.19. The summed E-state index contributed by atoms with van der Waals surface area (Å²) in [6.45, 7) is 2.18. The Morgan fingerprint density at radius 2 is 1.64 bits per heavy atom. The summed E-state index contributed by atoms with van der Waals surface area (Å²) in [6.07, 6.45) is 6.58. The van der Waals surface area contributed by atoms with E-state index in [2.05, 4.69) is 10.6 Å². The summed E-state index contributed by atoms with van der Waals surface area (Å²) in [7, 11) is 0. The fourth-order valence-electron chi connectivity index (χ4n) is 3.92. The molecule has 2 aromatic carbocycles. The van der Waals surface area contributed by atoms with E-state index in [1.54, 1.807) is 11.3 Å². The van der Waals surface area contributed by atoms with Crippen LogP contribution in [0.3, 0.4) is 0 Å². The van der Waals surface area contributed by atoms with Crippen LogP contribution in [-0.2, 0) is 17.6 Å². The fourth-order valence-corrected chi connectivity index (χ4v) is 5.49. The quantitative estimate of drug-likeness (QED) is 0.288. The highest BCUT2D eigenvalue weighted by molar-refractivity contribution is 7.80. The number of aryl methyl sites for hydroxylation is 1. The van der Waals surface area contributed by atoms with Gasteiger partial charge < -0.3 is 20.1 Å². The number of rotatable bonds is 6. The SMILES string of the molecule is CCOC(=O)c1c(NC(=S)Nc2ccc(Oc3ccccc3)cc2)sc2c1CCCCCC2. The van der Waals surface area contributed by atoms with Crippen molar-refractivity contribution in [3.05, 3.63) is 70.6 Å². The molecule has 1 aromatic heterocycles. The number of benzene rings is 2. The van der Waals surface area contributed by atoms with Gasteiger partial charge in [-0.2, -0.15) is 0 Å². The van der Waals surface area contributed by atoms with E-state index in [9.17, 15) is 4.79 Å². The molecule has 4 rings (SSSR count). The van der Waals surface area contributed by atoms with Crippen LogP contribution < -0.4 is 15.4 Å². The minimum atomic E-state index is -0.275. The van der Waals surface area contributed by atoms with E-state index in [4.69, 9.17) is 21.7 Å². The molecule has 172 valence electrons. The number of nitrogens with one attached hydrogen (secondary N) is 2.